The number of hydrazine groups is 1. The SMILES string of the molecule is Cc1cc(Cn2c(C)cccc2=O)oc1C(=O)NN. The van der Waals surface area contributed by atoms with Crippen molar-refractivity contribution in [2.24, 2.45) is 5.84 Å². The molecule has 0 radical (unpaired) electrons. The van der Waals surface area contributed by atoms with Gasteiger partial charge < -0.3 is 8.98 Å². The molecule has 0 aliphatic rings. The number of hydrogen-bond acceptors (Lipinski definition) is 4. The summed E-state index contributed by atoms with van der Waals surface area (Å²) in [4.78, 5) is 23.2. The molecule has 2 rings (SSSR count). The van der Waals surface area contributed by atoms with Crippen LogP contribution in [0.4, 0.5) is 0 Å². The van der Waals surface area contributed by atoms with E-state index in [1.54, 1.807) is 23.6 Å². The maximum absolute atomic E-state index is 11.7. The molecule has 0 aliphatic heterocycles. The molecular formula is C13H15N3O3. The fraction of sp³-hybridized carbons (Fsp3) is 0.231. The standard InChI is InChI=1S/C13H15N3O3/c1-8-6-10(19-12(8)13(18)15-14)7-16-9(2)4-3-5-11(16)17/h3-6H,7,14H2,1-2H3,(H,15,18). The smallest absolute Gasteiger partial charge is 0.301 e. The number of nitrogens with zero attached hydrogens (tertiary/aromatic N) is 1. The Morgan fingerprint density at radius 3 is 2.79 bits per heavy atom. The van der Waals surface area contributed by atoms with Gasteiger partial charge in [-0.25, -0.2) is 5.84 Å². The molecule has 0 atom stereocenters. The number of nitrogens with two attached hydrogens (primary N) is 1. The van der Waals surface area contributed by atoms with Crippen LogP contribution in [0, 0.1) is 13.8 Å². The normalized spacial score (nSPS) is 10.5. The molecule has 6 heteroatoms. The Hall–Kier alpha value is -2.34. The van der Waals surface area contributed by atoms with Crippen molar-refractivity contribution < 1.29 is 9.21 Å². The molecular weight excluding hydrogens is 246 g/mol. The Labute approximate surface area is 109 Å². The van der Waals surface area contributed by atoms with Crippen molar-refractivity contribution in [1.29, 1.82) is 0 Å². The van der Waals surface area contributed by atoms with E-state index >= 15 is 0 Å². The Bertz CT molecular complexity index is 670. The lowest BCUT2D eigenvalue weighted by atomic mass is 10.2. The minimum atomic E-state index is -0.485. The largest absolute Gasteiger partial charge is 0.454 e. The maximum atomic E-state index is 11.7. The second-order valence-electron chi connectivity index (χ2n) is 4.29. The number of nitrogens with one attached hydrogen (secondary N) is 1. The van der Waals surface area contributed by atoms with Gasteiger partial charge in [0.2, 0.25) is 0 Å². The Balaban J connectivity index is 2.35. The number of carbonyl (C=O) groups is 1. The molecule has 0 unspecified atom stereocenters. The summed E-state index contributed by atoms with van der Waals surface area (Å²) in [7, 11) is 0. The molecule has 0 aliphatic carbocycles. The van der Waals surface area contributed by atoms with Crippen LogP contribution in [0.15, 0.2) is 33.5 Å². The van der Waals surface area contributed by atoms with Crippen LogP contribution < -0.4 is 16.8 Å². The van der Waals surface area contributed by atoms with Crippen molar-refractivity contribution in [2.75, 3.05) is 0 Å². The van der Waals surface area contributed by atoms with Gasteiger partial charge in [0.25, 0.3) is 5.56 Å². The van der Waals surface area contributed by atoms with Gasteiger partial charge in [0, 0.05) is 17.3 Å². The van der Waals surface area contributed by atoms with Crippen LogP contribution in [0.2, 0.25) is 0 Å². The highest BCUT2D eigenvalue weighted by Gasteiger charge is 2.15. The molecule has 100 valence electrons. The lowest BCUT2D eigenvalue weighted by molar-refractivity contribution is 0.0923. The van der Waals surface area contributed by atoms with Crippen LogP contribution in [0.1, 0.15) is 27.6 Å². The summed E-state index contributed by atoms with van der Waals surface area (Å²) in [6.07, 6.45) is 0. The van der Waals surface area contributed by atoms with Crippen molar-refractivity contribution in [3.05, 3.63) is 57.4 Å². The molecule has 6 nitrogen and oxygen atoms in total. The third-order valence-corrected chi connectivity index (χ3v) is 2.89. The van der Waals surface area contributed by atoms with Crippen molar-refractivity contribution in [3.63, 3.8) is 0 Å². The number of aromatic nitrogens is 1. The zero-order valence-corrected chi connectivity index (χ0v) is 10.8. The van der Waals surface area contributed by atoms with Crippen LogP contribution >= 0.6 is 0 Å². The summed E-state index contributed by atoms with van der Waals surface area (Å²) >= 11 is 0. The number of pyridine rings is 1. The molecule has 1 amide bonds. The van der Waals surface area contributed by atoms with Crippen LogP contribution in [-0.2, 0) is 6.54 Å². The molecule has 2 aromatic heterocycles. The number of rotatable bonds is 3. The molecule has 2 heterocycles. The van der Waals surface area contributed by atoms with E-state index in [4.69, 9.17) is 10.3 Å². The van der Waals surface area contributed by atoms with Crippen molar-refractivity contribution >= 4 is 5.91 Å². The molecule has 3 N–H and O–H groups in total. The lowest BCUT2D eigenvalue weighted by Gasteiger charge is -2.06. The number of aryl methyl sites for hydroxylation is 2. The summed E-state index contributed by atoms with van der Waals surface area (Å²) in [6, 6.07) is 6.75. The minimum absolute atomic E-state index is 0.112. The van der Waals surface area contributed by atoms with Crippen LogP contribution in [0.5, 0.6) is 0 Å². The number of nitrogen functional groups attached to an aromatic ring is 1. The van der Waals surface area contributed by atoms with E-state index in [9.17, 15) is 9.59 Å². The molecule has 0 aromatic carbocycles. The monoisotopic (exact) mass is 261 g/mol. The fourth-order valence-electron chi connectivity index (χ4n) is 1.90. The van der Waals surface area contributed by atoms with Crippen molar-refractivity contribution in [1.82, 2.24) is 9.99 Å². The van der Waals surface area contributed by atoms with Gasteiger partial charge in [-0.1, -0.05) is 6.07 Å². The minimum Gasteiger partial charge on any atom is -0.454 e. The number of carbonyl (C=O) groups excluding carboxylic acids is 1. The van der Waals surface area contributed by atoms with E-state index in [1.807, 2.05) is 18.4 Å². The Kier molecular flexibility index (Phi) is 3.52. The maximum Gasteiger partial charge on any atom is 0.301 e. The zero-order valence-electron chi connectivity index (χ0n) is 10.8. The van der Waals surface area contributed by atoms with Gasteiger partial charge in [0.1, 0.15) is 5.76 Å². The number of furan rings is 1. The number of hydrogen-bond donors (Lipinski definition) is 2. The van der Waals surface area contributed by atoms with Gasteiger partial charge in [-0.15, -0.1) is 0 Å². The van der Waals surface area contributed by atoms with Gasteiger partial charge in [-0.05, 0) is 26.0 Å². The van der Waals surface area contributed by atoms with Crippen molar-refractivity contribution in [3.8, 4) is 0 Å². The van der Waals surface area contributed by atoms with E-state index in [-0.39, 0.29) is 17.9 Å². The summed E-state index contributed by atoms with van der Waals surface area (Å²) < 4.78 is 7.00. The second-order valence-corrected chi connectivity index (χ2v) is 4.29. The molecule has 2 aromatic rings. The highest BCUT2D eigenvalue weighted by molar-refractivity contribution is 5.92. The molecule has 0 saturated carbocycles. The second kappa shape index (κ2) is 5.11. The molecule has 0 spiro atoms. The van der Waals surface area contributed by atoms with Gasteiger partial charge in [-0.3, -0.25) is 15.0 Å². The predicted molar refractivity (Wildman–Crippen MR) is 69.6 cm³/mol. The first-order valence-electron chi connectivity index (χ1n) is 5.79. The molecule has 19 heavy (non-hydrogen) atoms. The van der Waals surface area contributed by atoms with Gasteiger partial charge in [0.15, 0.2) is 5.76 Å². The Morgan fingerprint density at radius 2 is 2.16 bits per heavy atom. The van der Waals surface area contributed by atoms with E-state index in [0.29, 0.717) is 11.3 Å². The highest BCUT2D eigenvalue weighted by atomic mass is 16.4. The summed E-state index contributed by atoms with van der Waals surface area (Å²) in [5.41, 5.74) is 3.41. The summed E-state index contributed by atoms with van der Waals surface area (Å²) in [5.74, 6) is 5.28. The van der Waals surface area contributed by atoms with Crippen LogP contribution in [-0.4, -0.2) is 10.5 Å². The summed E-state index contributed by atoms with van der Waals surface area (Å²) in [5, 5.41) is 0. The molecule has 0 fully saturated rings. The lowest BCUT2D eigenvalue weighted by Crippen LogP contribution is -2.30. The average Bonchev–Trinajstić information content (AvgIpc) is 2.74. The molecule has 0 bridgehead atoms. The van der Waals surface area contributed by atoms with E-state index in [2.05, 4.69) is 0 Å². The quantitative estimate of drug-likeness (QED) is 0.483. The van der Waals surface area contributed by atoms with E-state index < -0.39 is 5.91 Å². The predicted octanol–water partition coefficient (Wildman–Crippen LogP) is 0.710. The number of amides is 1. The van der Waals surface area contributed by atoms with Gasteiger partial charge >= 0.3 is 5.91 Å². The Morgan fingerprint density at radius 1 is 1.42 bits per heavy atom. The average molecular weight is 261 g/mol. The van der Waals surface area contributed by atoms with Gasteiger partial charge in [0.05, 0.1) is 6.54 Å². The van der Waals surface area contributed by atoms with E-state index in [1.165, 1.54) is 6.07 Å². The topological polar surface area (TPSA) is 90.3 Å². The van der Waals surface area contributed by atoms with Gasteiger partial charge in [-0.2, -0.15) is 0 Å². The highest BCUT2D eigenvalue weighted by Crippen LogP contribution is 2.15. The third kappa shape index (κ3) is 2.58. The first-order valence-corrected chi connectivity index (χ1v) is 5.79. The summed E-state index contributed by atoms with van der Waals surface area (Å²) in [6.45, 7) is 3.87. The first kappa shape index (κ1) is 13.1. The van der Waals surface area contributed by atoms with Crippen LogP contribution in [0.25, 0.3) is 0 Å². The van der Waals surface area contributed by atoms with E-state index in [0.717, 1.165) is 5.69 Å². The van der Waals surface area contributed by atoms with Crippen LogP contribution in [0.3, 0.4) is 0 Å². The van der Waals surface area contributed by atoms with Crippen molar-refractivity contribution in [2.45, 2.75) is 20.4 Å². The zero-order chi connectivity index (χ0) is 14.0. The first-order chi connectivity index (χ1) is 9.02. The third-order valence-electron chi connectivity index (χ3n) is 2.89. The fourth-order valence-corrected chi connectivity index (χ4v) is 1.90. The molecule has 0 saturated heterocycles.